The van der Waals surface area contributed by atoms with E-state index in [1.165, 1.54) is 11.3 Å². The highest BCUT2D eigenvalue weighted by Gasteiger charge is 2.13. The number of likely N-dealkylation sites (N-methyl/N-ethyl adjacent to an activating group) is 1. The summed E-state index contributed by atoms with van der Waals surface area (Å²) in [6.07, 6.45) is 0.886. The number of hydrogen-bond donors (Lipinski definition) is 1. The van der Waals surface area contributed by atoms with Crippen LogP contribution in [0, 0.1) is 0 Å². The van der Waals surface area contributed by atoms with Gasteiger partial charge in [-0.2, -0.15) is 0 Å². The molecule has 8 heteroatoms. The van der Waals surface area contributed by atoms with Crippen molar-refractivity contribution in [2.24, 2.45) is 0 Å². The van der Waals surface area contributed by atoms with Gasteiger partial charge in [-0.05, 0) is 31.7 Å². The first kappa shape index (κ1) is 20.2. The molecule has 26 heavy (non-hydrogen) atoms. The van der Waals surface area contributed by atoms with Crippen LogP contribution in [0.3, 0.4) is 0 Å². The van der Waals surface area contributed by atoms with E-state index in [4.69, 9.17) is 14.2 Å². The topological polar surface area (TPSA) is 72.9 Å². The summed E-state index contributed by atoms with van der Waals surface area (Å²) >= 11 is 1.38. The van der Waals surface area contributed by atoms with Crippen molar-refractivity contribution in [3.05, 3.63) is 23.6 Å². The van der Waals surface area contributed by atoms with Crippen LogP contribution in [0.4, 0.5) is 5.13 Å². The average molecular weight is 379 g/mol. The first-order valence-electron chi connectivity index (χ1n) is 8.22. The first-order chi connectivity index (χ1) is 12.6. The van der Waals surface area contributed by atoms with Crippen LogP contribution in [-0.4, -0.2) is 63.9 Å². The van der Waals surface area contributed by atoms with Crippen molar-refractivity contribution in [3.8, 4) is 22.8 Å². The van der Waals surface area contributed by atoms with Crippen molar-refractivity contribution in [1.82, 2.24) is 9.88 Å². The van der Waals surface area contributed by atoms with E-state index in [0.29, 0.717) is 24.0 Å². The Hall–Kier alpha value is -2.16. The Morgan fingerprint density at radius 2 is 2.08 bits per heavy atom. The number of carbonyl (C=O) groups is 1. The fourth-order valence-corrected chi connectivity index (χ4v) is 3.16. The molecule has 2 rings (SSSR count). The molecule has 0 radical (unpaired) electrons. The number of benzene rings is 1. The van der Waals surface area contributed by atoms with E-state index in [2.05, 4.69) is 10.3 Å². The maximum Gasteiger partial charge on any atom is 0.240 e. The Bertz CT molecular complexity index is 720. The molecular formula is C18H25N3O4S. The van der Waals surface area contributed by atoms with Crippen LogP contribution in [0.5, 0.6) is 11.5 Å². The molecule has 0 saturated heterocycles. The largest absolute Gasteiger partial charge is 0.497 e. The van der Waals surface area contributed by atoms with E-state index in [1.54, 1.807) is 21.3 Å². The second-order valence-electron chi connectivity index (χ2n) is 5.74. The Balaban J connectivity index is 2.00. The van der Waals surface area contributed by atoms with Crippen molar-refractivity contribution in [1.29, 1.82) is 0 Å². The van der Waals surface area contributed by atoms with Crippen LogP contribution >= 0.6 is 11.3 Å². The highest BCUT2D eigenvalue weighted by molar-refractivity contribution is 7.14. The Morgan fingerprint density at radius 1 is 1.27 bits per heavy atom. The van der Waals surface area contributed by atoms with Gasteiger partial charge in [0.25, 0.3) is 0 Å². The quantitative estimate of drug-likeness (QED) is 0.640. The fourth-order valence-electron chi connectivity index (χ4n) is 2.43. The summed E-state index contributed by atoms with van der Waals surface area (Å²) in [5.41, 5.74) is 1.55. The number of aromatic nitrogens is 1. The minimum atomic E-state index is -0.0941. The zero-order chi connectivity index (χ0) is 18.9. The van der Waals surface area contributed by atoms with Gasteiger partial charge in [0.2, 0.25) is 5.91 Å². The zero-order valence-electron chi connectivity index (χ0n) is 15.6. The van der Waals surface area contributed by atoms with Gasteiger partial charge < -0.3 is 19.5 Å². The van der Waals surface area contributed by atoms with E-state index in [0.717, 1.165) is 30.0 Å². The maximum absolute atomic E-state index is 12.2. The molecule has 1 amide bonds. The van der Waals surface area contributed by atoms with Gasteiger partial charge in [0.15, 0.2) is 5.13 Å². The molecular weight excluding hydrogens is 354 g/mol. The van der Waals surface area contributed by atoms with Crippen molar-refractivity contribution < 1.29 is 19.0 Å². The summed E-state index contributed by atoms with van der Waals surface area (Å²) in [5.74, 6) is 1.33. The molecule has 0 bridgehead atoms. The summed E-state index contributed by atoms with van der Waals surface area (Å²) < 4.78 is 15.7. The molecule has 142 valence electrons. The van der Waals surface area contributed by atoms with E-state index >= 15 is 0 Å². The molecule has 0 aliphatic carbocycles. The molecule has 2 aromatic rings. The minimum absolute atomic E-state index is 0.0941. The number of nitrogens with one attached hydrogen (secondary N) is 1. The predicted octanol–water partition coefficient (Wildman–Crippen LogP) is 2.73. The van der Waals surface area contributed by atoms with Crippen LogP contribution in [0.15, 0.2) is 23.6 Å². The number of methoxy groups -OCH3 is 3. The number of carbonyl (C=O) groups excluding carboxylic acids is 1. The van der Waals surface area contributed by atoms with E-state index in [-0.39, 0.29) is 5.91 Å². The lowest BCUT2D eigenvalue weighted by Gasteiger charge is -2.15. The molecule has 0 saturated carbocycles. The van der Waals surface area contributed by atoms with Crippen LogP contribution < -0.4 is 14.8 Å². The molecule has 0 atom stereocenters. The minimum Gasteiger partial charge on any atom is -0.497 e. The van der Waals surface area contributed by atoms with Crippen LogP contribution in [0.25, 0.3) is 11.3 Å². The molecule has 0 aliphatic rings. The summed E-state index contributed by atoms with van der Waals surface area (Å²) in [6, 6.07) is 5.53. The second-order valence-corrected chi connectivity index (χ2v) is 6.59. The molecule has 0 unspecified atom stereocenters. The number of hydrogen-bond acceptors (Lipinski definition) is 7. The van der Waals surface area contributed by atoms with Crippen LogP contribution in [-0.2, 0) is 9.53 Å². The first-order valence-corrected chi connectivity index (χ1v) is 9.10. The van der Waals surface area contributed by atoms with Crippen molar-refractivity contribution >= 4 is 22.4 Å². The highest BCUT2D eigenvalue weighted by Crippen LogP contribution is 2.34. The third-order valence-corrected chi connectivity index (χ3v) is 4.49. The van der Waals surface area contributed by atoms with Crippen LogP contribution in [0.1, 0.15) is 6.42 Å². The summed E-state index contributed by atoms with van der Waals surface area (Å²) in [7, 11) is 6.80. The summed E-state index contributed by atoms with van der Waals surface area (Å²) in [4.78, 5) is 18.6. The predicted molar refractivity (Wildman–Crippen MR) is 103 cm³/mol. The molecule has 1 aromatic heterocycles. The monoisotopic (exact) mass is 379 g/mol. The molecule has 1 heterocycles. The number of thiazole rings is 1. The maximum atomic E-state index is 12.2. The number of amides is 1. The molecule has 0 aliphatic heterocycles. The third kappa shape index (κ3) is 5.69. The lowest BCUT2D eigenvalue weighted by molar-refractivity contribution is -0.117. The van der Waals surface area contributed by atoms with Gasteiger partial charge in [0, 0.05) is 31.2 Å². The van der Waals surface area contributed by atoms with Gasteiger partial charge in [-0.1, -0.05) is 0 Å². The Morgan fingerprint density at radius 3 is 2.77 bits per heavy atom. The zero-order valence-corrected chi connectivity index (χ0v) is 16.4. The lowest BCUT2D eigenvalue weighted by Crippen LogP contribution is -2.31. The van der Waals surface area contributed by atoms with Gasteiger partial charge in [-0.3, -0.25) is 9.69 Å². The van der Waals surface area contributed by atoms with Gasteiger partial charge in [0.1, 0.15) is 11.5 Å². The van der Waals surface area contributed by atoms with Crippen molar-refractivity contribution in [2.75, 3.05) is 53.4 Å². The SMILES string of the molecule is COCCCN(C)CC(=O)Nc1nc(-c2cc(OC)ccc2OC)cs1. The second kappa shape index (κ2) is 10.1. The number of anilines is 1. The van der Waals surface area contributed by atoms with Gasteiger partial charge in [-0.15, -0.1) is 11.3 Å². The fraction of sp³-hybridized carbons (Fsp3) is 0.444. The highest BCUT2D eigenvalue weighted by atomic mass is 32.1. The molecule has 1 aromatic carbocycles. The average Bonchev–Trinajstić information content (AvgIpc) is 3.09. The molecule has 0 fully saturated rings. The van der Waals surface area contributed by atoms with Crippen molar-refractivity contribution in [3.63, 3.8) is 0 Å². The molecule has 1 N–H and O–H groups in total. The van der Waals surface area contributed by atoms with Gasteiger partial charge in [0.05, 0.1) is 26.5 Å². The van der Waals surface area contributed by atoms with Gasteiger partial charge in [-0.25, -0.2) is 4.98 Å². The van der Waals surface area contributed by atoms with E-state index in [9.17, 15) is 4.79 Å². The molecule has 7 nitrogen and oxygen atoms in total. The van der Waals surface area contributed by atoms with E-state index in [1.807, 2.05) is 35.5 Å². The number of ether oxygens (including phenoxy) is 3. The summed E-state index contributed by atoms with van der Waals surface area (Å²) in [5, 5.41) is 5.28. The van der Waals surface area contributed by atoms with E-state index < -0.39 is 0 Å². The number of rotatable bonds is 10. The molecule has 0 spiro atoms. The third-order valence-electron chi connectivity index (χ3n) is 3.73. The lowest BCUT2D eigenvalue weighted by atomic mass is 10.1. The van der Waals surface area contributed by atoms with Crippen molar-refractivity contribution in [2.45, 2.75) is 6.42 Å². The Labute approximate surface area is 157 Å². The van der Waals surface area contributed by atoms with Gasteiger partial charge >= 0.3 is 0 Å². The Kier molecular flexibility index (Phi) is 7.83. The normalized spacial score (nSPS) is 10.8. The smallest absolute Gasteiger partial charge is 0.240 e. The standard InChI is InChI=1S/C18H25N3O4S/c1-21(8-5-9-23-2)11-17(22)20-18-19-15(12-26-18)14-10-13(24-3)6-7-16(14)25-4/h6-7,10,12H,5,8-9,11H2,1-4H3,(H,19,20,22). The van der Waals surface area contributed by atoms with Crippen LogP contribution in [0.2, 0.25) is 0 Å². The summed E-state index contributed by atoms with van der Waals surface area (Å²) in [6.45, 7) is 1.79. The number of nitrogens with zero attached hydrogens (tertiary/aromatic N) is 2.